The van der Waals surface area contributed by atoms with Crippen molar-refractivity contribution in [2.75, 3.05) is 25.0 Å². The van der Waals surface area contributed by atoms with E-state index in [0.717, 1.165) is 18.7 Å². The number of nitrogens with zero attached hydrogens (tertiary/aromatic N) is 2. The highest BCUT2D eigenvalue weighted by Gasteiger charge is 2.07. The van der Waals surface area contributed by atoms with E-state index in [0.29, 0.717) is 6.54 Å². The summed E-state index contributed by atoms with van der Waals surface area (Å²) in [6.45, 7) is 1.43. The number of nitrogens with two attached hydrogens (primary N) is 1. The molecule has 0 unspecified atom stereocenters. The molecule has 0 aromatic heterocycles. The predicted octanol–water partition coefficient (Wildman–Crippen LogP) is 1.38. The summed E-state index contributed by atoms with van der Waals surface area (Å²) < 4.78 is 0. The fourth-order valence-corrected chi connectivity index (χ4v) is 1.30. The van der Waals surface area contributed by atoms with E-state index >= 15 is 0 Å². The van der Waals surface area contributed by atoms with Crippen LogP contribution in [0.1, 0.15) is 6.42 Å². The van der Waals surface area contributed by atoms with E-state index in [2.05, 4.69) is 0 Å². The van der Waals surface area contributed by atoms with Gasteiger partial charge >= 0.3 is 0 Å². The van der Waals surface area contributed by atoms with E-state index in [1.807, 2.05) is 18.0 Å². The normalized spacial score (nSPS) is 10.0. The average molecular weight is 209 g/mol. The van der Waals surface area contributed by atoms with Crippen molar-refractivity contribution >= 4 is 11.4 Å². The first kappa shape index (κ1) is 11.5. The SMILES string of the molecule is CN(CCCN)c1cccc([N+](=O)[O-])c1. The third-order valence-electron chi connectivity index (χ3n) is 2.18. The number of nitro benzene ring substituents is 1. The highest BCUT2D eigenvalue weighted by molar-refractivity contribution is 5.52. The monoisotopic (exact) mass is 209 g/mol. The maximum absolute atomic E-state index is 10.6. The molecule has 0 bridgehead atoms. The second kappa shape index (κ2) is 5.31. The van der Waals surface area contributed by atoms with Crippen molar-refractivity contribution in [2.24, 2.45) is 5.73 Å². The van der Waals surface area contributed by atoms with Gasteiger partial charge in [0.25, 0.3) is 5.69 Å². The lowest BCUT2D eigenvalue weighted by molar-refractivity contribution is -0.384. The topological polar surface area (TPSA) is 72.4 Å². The Kier molecular flexibility index (Phi) is 4.05. The van der Waals surface area contributed by atoms with Crippen LogP contribution >= 0.6 is 0 Å². The molecule has 1 aromatic rings. The van der Waals surface area contributed by atoms with Crippen LogP contribution in [-0.2, 0) is 0 Å². The molecule has 0 atom stereocenters. The van der Waals surface area contributed by atoms with Gasteiger partial charge in [0.15, 0.2) is 0 Å². The molecule has 1 rings (SSSR count). The Bertz CT molecular complexity index is 341. The molecule has 2 N–H and O–H groups in total. The maximum atomic E-state index is 10.6. The van der Waals surface area contributed by atoms with Gasteiger partial charge in [0.05, 0.1) is 4.92 Å². The summed E-state index contributed by atoms with van der Waals surface area (Å²) in [6.07, 6.45) is 0.874. The van der Waals surface area contributed by atoms with E-state index in [-0.39, 0.29) is 10.6 Å². The summed E-state index contributed by atoms with van der Waals surface area (Å²) in [5.41, 5.74) is 6.36. The second-order valence-corrected chi connectivity index (χ2v) is 3.34. The molecule has 0 fully saturated rings. The molecule has 5 nitrogen and oxygen atoms in total. The predicted molar refractivity (Wildman–Crippen MR) is 60.0 cm³/mol. The molecule has 5 heteroatoms. The van der Waals surface area contributed by atoms with E-state index < -0.39 is 0 Å². The fraction of sp³-hybridized carbons (Fsp3) is 0.400. The van der Waals surface area contributed by atoms with Gasteiger partial charge in [0.2, 0.25) is 0 Å². The van der Waals surface area contributed by atoms with Crippen LogP contribution in [0.3, 0.4) is 0 Å². The zero-order valence-corrected chi connectivity index (χ0v) is 8.72. The summed E-state index contributed by atoms with van der Waals surface area (Å²) >= 11 is 0. The van der Waals surface area contributed by atoms with Gasteiger partial charge in [-0.25, -0.2) is 0 Å². The van der Waals surface area contributed by atoms with E-state index in [4.69, 9.17) is 5.73 Å². The minimum Gasteiger partial charge on any atom is -0.374 e. The Balaban J connectivity index is 2.76. The number of non-ortho nitro benzene ring substituents is 1. The molecule has 0 aliphatic rings. The zero-order valence-electron chi connectivity index (χ0n) is 8.72. The van der Waals surface area contributed by atoms with Gasteiger partial charge in [-0.05, 0) is 19.0 Å². The molecule has 0 aliphatic carbocycles. The van der Waals surface area contributed by atoms with Crippen molar-refractivity contribution in [1.82, 2.24) is 0 Å². The first-order valence-electron chi connectivity index (χ1n) is 4.81. The van der Waals surface area contributed by atoms with Crippen molar-refractivity contribution in [1.29, 1.82) is 0 Å². The Labute approximate surface area is 88.6 Å². The molecule has 15 heavy (non-hydrogen) atoms. The molecule has 0 aliphatic heterocycles. The lowest BCUT2D eigenvalue weighted by atomic mass is 10.2. The molecule has 0 spiro atoms. The van der Waals surface area contributed by atoms with Gasteiger partial charge in [-0.15, -0.1) is 0 Å². The zero-order chi connectivity index (χ0) is 11.3. The van der Waals surface area contributed by atoms with E-state index in [9.17, 15) is 10.1 Å². The van der Waals surface area contributed by atoms with Crippen molar-refractivity contribution in [3.63, 3.8) is 0 Å². The molecule has 0 saturated heterocycles. The van der Waals surface area contributed by atoms with Crippen LogP contribution in [0.15, 0.2) is 24.3 Å². The van der Waals surface area contributed by atoms with Crippen LogP contribution in [0.25, 0.3) is 0 Å². The first-order valence-corrected chi connectivity index (χ1v) is 4.81. The summed E-state index contributed by atoms with van der Waals surface area (Å²) in [6, 6.07) is 6.59. The molecular weight excluding hydrogens is 194 g/mol. The van der Waals surface area contributed by atoms with Crippen LogP contribution < -0.4 is 10.6 Å². The Morgan fingerprint density at radius 3 is 2.87 bits per heavy atom. The quantitative estimate of drug-likeness (QED) is 0.587. The average Bonchev–Trinajstić information content (AvgIpc) is 2.26. The molecular formula is C10H15N3O2. The third kappa shape index (κ3) is 3.21. The second-order valence-electron chi connectivity index (χ2n) is 3.34. The fourth-order valence-electron chi connectivity index (χ4n) is 1.30. The molecule has 0 heterocycles. The van der Waals surface area contributed by atoms with Gasteiger partial charge in [-0.2, -0.15) is 0 Å². The number of hydrogen-bond donors (Lipinski definition) is 1. The maximum Gasteiger partial charge on any atom is 0.271 e. The summed E-state index contributed by atoms with van der Waals surface area (Å²) in [5.74, 6) is 0. The van der Waals surface area contributed by atoms with Crippen LogP contribution in [0.5, 0.6) is 0 Å². The van der Waals surface area contributed by atoms with E-state index in [1.165, 1.54) is 6.07 Å². The van der Waals surface area contributed by atoms with Crippen LogP contribution in [0.4, 0.5) is 11.4 Å². The Hall–Kier alpha value is -1.62. The molecule has 0 saturated carbocycles. The van der Waals surface area contributed by atoms with Crippen molar-refractivity contribution in [3.8, 4) is 0 Å². The lowest BCUT2D eigenvalue weighted by Crippen LogP contribution is -2.20. The minimum atomic E-state index is -0.389. The van der Waals surface area contributed by atoms with Gasteiger partial charge in [-0.3, -0.25) is 10.1 Å². The van der Waals surface area contributed by atoms with E-state index in [1.54, 1.807) is 12.1 Å². The van der Waals surface area contributed by atoms with Crippen molar-refractivity contribution in [3.05, 3.63) is 34.4 Å². The first-order chi connectivity index (χ1) is 7.15. The van der Waals surface area contributed by atoms with Crippen molar-refractivity contribution < 1.29 is 4.92 Å². The number of nitro groups is 1. The van der Waals surface area contributed by atoms with Crippen molar-refractivity contribution in [2.45, 2.75) is 6.42 Å². The largest absolute Gasteiger partial charge is 0.374 e. The summed E-state index contributed by atoms with van der Waals surface area (Å²) in [7, 11) is 1.90. The van der Waals surface area contributed by atoms with Crippen LogP contribution in [-0.4, -0.2) is 25.1 Å². The number of benzene rings is 1. The highest BCUT2D eigenvalue weighted by Crippen LogP contribution is 2.19. The molecule has 0 radical (unpaired) electrons. The molecule has 0 amide bonds. The Morgan fingerprint density at radius 1 is 1.53 bits per heavy atom. The molecule has 1 aromatic carbocycles. The molecule has 82 valence electrons. The summed E-state index contributed by atoms with van der Waals surface area (Å²) in [5, 5.41) is 10.6. The van der Waals surface area contributed by atoms with Gasteiger partial charge in [0, 0.05) is 31.4 Å². The smallest absolute Gasteiger partial charge is 0.271 e. The summed E-state index contributed by atoms with van der Waals surface area (Å²) in [4.78, 5) is 12.1. The third-order valence-corrected chi connectivity index (χ3v) is 2.18. The number of hydrogen-bond acceptors (Lipinski definition) is 4. The van der Waals surface area contributed by atoms with Gasteiger partial charge in [0.1, 0.15) is 0 Å². The number of anilines is 1. The van der Waals surface area contributed by atoms with Crippen LogP contribution in [0, 0.1) is 10.1 Å². The minimum absolute atomic E-state index is 0.118. The van der Waals surface area contributed by atoms with Crippen LogP contribution in [0.2, 0.25) is 0 Å². The van der Waals surface area contributed by atoms with Gasteiger partial charge < -0.3 is 10.6 Å². The Morgan fingerprint density at radius 2 is 2.27 bits per heavy atom. The standard InChI is InChI=1S/C10H15N3O2/c1-12(7-3-6-11)9-4-2-5-10(8-9)13(14)15/h2,4-5,8H,3,6-7,11H2,1H3. The highest BCUT2D eigenvalue weighted by atomic mass is 16.6. The van der Waals surface area contributed by atoms with Gasteiger partial charge in [-0.1, -0.05) is 6.07 Å². The number of rotatable bonds is 5. The lowest BCUT2D eigenvalue weighted by Gasteiger charge is -2.18.